The predicted molar refractivity (Wildman–Crippen MR) is 83.9 cm³/mol. The van der Waals surface area contributed by atoms with E-state index in [2.05, 4.69) is 0 Å². The maximum atomic E-state index is 13.0. The van der Waals surface area contributed by atoms with E-state index in [1.807, 2.05) is 4.90 Å². The molecule has 3 fully saturated rings. The fourth-order valence-electron chi connectivity index (χ4n) is 3.68. The zero-order valence-electron chi connectivity index (χ0n) is 14.4. The molecule has 0 spiro atoms. The molecule has 130 valence electrons. The zero-order valence-corrected chi connectivity index (χ0v) is 14.4. The van der Waals surface area contributed by atoms with E-state index >= 15 is 0 Å². The van der Waals surface area contributed by atoms with Crippen LogP contribution in [0.1, 0.15) is 47.0 Å². The van der Waals surface area contributed by atoms with Crippen LogP contribution >= 0.6 is 0 Å². The van der Waals surface area contributed by atoms with Gasteiger partial charge in [0.05, 0.1) is 11.3 Å². The van der Waals surface area contributed by atoms with E-state index in [4.69, 9.17) is 4.74 Å². The molecule has 1 unspecified atom stereocenters. The fraction of sp³-hybridized carbons (Fsp3) is 0.824. The van der Waals surface area contributed by atoms with Crippen molar-refractivity contribution < 1.29 is 24.2 Å². The number of rotatable bonds is 6. The summed E-state index contributed by atoms with van der Waals surface area (Å²) in [7, 11) is 0. The molecule has 3 aliphatic rings. The van der Waals surface area contributed by atoms with Crippen LogP contribution in [0.5, 0.6) is 0 Å². The first kappa shape index (κ1) is 17.9. The van der Waals surface area contributed by atoms with Crippen molar-refractivity contribution in [2.24, 2.45) is 17.3 Å². The van der Waals surface area contributed by atoms with Gasteiger partial charge in [0.25, 0.3) is 0 Å². The highest BCUT2D eigenvalue weighted by atomic mass is 16.5. The van der Waals surface area contributed by atoms with Crippen molar-refractivity contribution in [3.63, 3.8) is 0 Å². The lowest BCUT2D eigenvalue weighted by Gasteiger charge is -2.54. The van der Waals surface area contributed by atoms with E-state index < -0.39 is 16.9 Å². The van der Waals surface area contributed by atoms with Crippen LogP contribution in [0.25, 0.3) is 0 Å². The number of aliphatic carboxylic acids is 1. The van der Waals surface area contributed by atoms with E-state index in [1.165, 1.54) is 0 Å². The van der Waals surface area contributed by atoms with E-state index in [0.29, 0.717) is 0 Å². The average Bonchev–Trinajstić information content (AvgIpc) is 2.49. The molecule has 0 aromatic carbocycles. The molecule has 0 saturated carbocycles. The Kier molecular flexibility index (Phi) is 4.85. The predicted octanol–water partition coefficient (Wildman–Crippen LogP) is 1.72. The molecule has 3 rings (SSSR count). The third kappa shape index (κ3) is 3.27. The molecule has 1 atom stereocenters. The Labute approximate surface area is 137 Å². The minimum atomic E-state index is -1.06. The number of carbonyl (C=O) groups is 3. The van der Waals surface area contributed by atoms with Gasteiger partial charge in [0.2, 0.25) is 0 Å². The largest absolute Gasteiger partial charge is 0.481 e. The lowest BCUT2D eigenvalue weighted by molar-refractivity contribution is -0.170. The number of esters is 1. The number of ether oxygens (including phenoxy) is 1. The van der Waals surface area contributed by atoms with Crippen LogP contribution in [-0.2, 0) is 19.1 Å². The smallest absolute Gasteiger partial charge is 0.309 e. The van der Waals surface area contributed by atoms with Crippen molar-refractivity contribution in [3.05, 3.63) is 0 Å². The Morgan fingerprint density at radius 1 is 1.35 bits per heavy atom. The van der Waals surface area contributed by atoms with Crippen molar-refractivity contribution in [1.29, 1.82) is 0 Å². The molecule has 0 aliphatic carbocycles. The van der Waals surface area contributed by atoms with Gasteiger partial charge in [-0.25, -0.2) is 0 Å². The van der Waals surface area contributed by atoms with E-state index in [1.54, 1.807) is 27.7 Å². The summed E-state index contributed by atoms with van der Waals surface area (Å²) in [6.45, 7) is 8.19. The molecule has 3 saturated heterocycles. The summed E-state index contributed by atoms with van der Waals surface area (Å²) in [5.41, 5.74) is -2.05. The number of nitrogens with zero attached hydrogens (tertiary/aromatic N) is 1. The Morgan fingerprint density at radius 2 is 1.91 bits per heavy atom. The lowest BCUT2D eigenvalue weighted by Crippen LogP contribution is -2.68. The zero-order chi connectivity index (χ0) is 17.4. The molecule has 6 heteroatoms. The number of carboxylic acid groups (broad SMARTS) is 1. The molecule has 2 bridgehead atoms. The fourth-order valence-corrected chi connectivity index (χ4v) is 3.68. The molecule has 3 heterocycles. The van der Waals surface area contributed by atoms with E-state index in [-0.39, 0.29) is 36.6 Å². The first-order valence-corrected chi connectivity index (χ1v) is 8.29. The molecule has 23 heavy (non-hydrogen) atoms. The molecule has 1 N–H and O–H groups in total. The summed E-state index contributed by atoms with van der Waals surface area (Å²) < 4.78 is 5.40. The third-order valence-electron chi connectivity index (χ3n) is 5.17. The number of piperidine rings is 3. The lowest BCUT2D eigenvalue weighted by atomic mass is 9.67. The number of carbonyl (C=O) groups excluding carboxylic acids is 2. The highest BCUT2D eigenvalue weighted by molar-refractivity contribution is 5.93. The number of fused-ring (bicyclic) bond motifs is 3. The molecule has 0 radical (unpaired) electrons. The minimum Gasteiger partial charge on any atom is -0.481 e. The second-order valence-corrected chi connectivity index (χ2v) is 7.79. The number of Topliss-reactive ketones (excluding diaryl/α,β-unsaturated/α-hetero) is 1. The van der Waals surface area contributed by atoms with Crippen molar-refractivity contribution in [1.82, 2.24) is 4.90 Å². The molecule has 0 aromatic heterocycles. The SMILES string of the molecule is CC(C)C(=O)OCC1(CC(C)(C)C(=O)O)C(=O)C2CCN1CC2. The van der Waals surface area contributed by atoms with E-state index in [0.717, 1.165) is 25.9 Å². The topological polar surface area (TPSA) is 83.9 Å². The molecule has 6 nitrogen and oxygen atoms in total. The first-order chi connectivity index (χ1) is 10.6. The number of hydrogen-bond acceptors (Lipinski definition) is 5. The average molecular weight is 325 g/mol. The van der Waals surface area contributed by atoms with Crippen molar-refractivity contribution >= 4 is 17.7 Å². The van der Waals surface area contributed by atoms with Gasteiger partial charge in [0.1, 0.15) is 12.1 Å². The highest BCUT2D eigenvalue weighted by Gasteiger charge is 2.56. The van der Waals surface area contributed by atoms with Gasteiger partial charge < -0.3 is 9.84 Å². The molecular weight excluding hydrogens is 298 g/mol. The number of ketones is 1. The van der Waals surface area contributed by atoms with Crippen molar-refractivity contribution in [2.45, 2.75) is 52.5 Å². The van der Waals surface area contributed by atoms with Crippen LogP contribution in [0.15, 0.2) is 0 Å². The second kappa shape index (κ2) is 6.23. The van der Waals surface area contributed by atoms with Crippen LogP contribution in [0.4, 0.5) is 0 Å². The van der Waals surface area contributed by atoms with Gasteiger partial charge in [0, 0.05) is 5.92 Å². The van der Waals surface area contributed by atoms with Crippen LogP contribution < -0.4 is 0 Å². The summed E-state index contributed by atoms with van der Waals surface area (Å²) in [4.78, 5) is 38.4. The van der Waals surface area contributed by atoms with Gasteiger partial charge in [-0.1, -0.05) is 13.8 Å². The van der Waals surface area contributed by atoms with Gasteiger partial charge in [-0.3, -0.25) is 19.3 Å². The number of carboxylic acids is 1. The summed E-state index contributed by atoms with van der Waals surface area (Å²) in [6.07, 6.45) is 1.79. The van der Waals surface area contributed by atoms with Gasteiger partial charge in [0.15, 0.2) is 5.78 Å². The monoisotopic (exact) mass is 325 g/mol. The third-order valence-corrected chi connectivity index (χ3v) is 5.17. The normalized spacial score (nSPS) is 30.6. The van der Waals surface area contributed by atoms with Crippen LogP contribution in [0, 0.1) is 17.3 Å². The van der Waals surface area contributed by atoms with Crippen molar-refractivity contribution in [2.75, 3.05) is 19.7 Å². The Bertz CT molecular complexity index is 505. The molecule has 3 aliphatic heterocycles. The summed E-state index contributed by atoms with van der Waals surface area (Å²) in [6, 6.07) is 0. The molecular formula is C17H27NO5. The Hall–Kier alpha value is -1.43. The Morgan fingerprint density at radius 3 is 2.35 bits per heavy atom. The van der Waals surface area contributed by atoms with Crippen LogP contribution in [-0.4, -0.2) is 53.0 Å². The highest BCUT2D eigenvalue weighted by Crippen LogP contribution is 2.43. The van der Waals surface area contributed by atoms with Gasteiger partial charge >= 0.3 is 11.9 Å². The minimum absolute atomic E-state index is 0.0395. The van der Waals surface area contributed by atoms with Crippen molar-refractivity contribution in [3.8, 4) is 0 Å². The summed E-state index contributed by atoms with van der Waals surface area (Å²) in [5, 5.41) is 9.47. The second-order valence-electron chi connectivity index (χ2n) is 7.79. The standard InChI is InChI=1S/C17H27NO5/c1-11(2)14(20)23-10-17(9-16(3,4)15(21)22)13(19)12-5-7-18(17)8-6-12/h11-12H,5-10H2,1-4H3,(H,21,22). The van der Waals surface area contributed by atoms with Crippen LogP contribution in [0.3, 0.4) is 0 Å². The number of hydrogen-bond donors (Lipinski definition) is 1. The van der Waals surface area contributed by atoms with Gasteiger partial charge in [-0.15, -0.1) is 0 Å². The maximum absolute atomic E-state index is 13.0. The summed E-state index contributed by atoms with van der Waals surface area (Å²) in [5.74, 6) is -1.57. The Balaban J connectivity index is 2.29. The van der Waals surface area contributed by atoms with Crippen LogP contribution in [0.2, 0.25) is 0 Å². The molecule has 0 amide bonds. The summed E-state index contributed by atoms with van der Waals surface area (Å²) >= 11 is 0. The van der Waals surface area contributed by atoms with Gasteiger partial charge in [-0.2, -0.15) is 0 Å². The van der Waals surface area contributed by atoms with E-state index in [9.17, 15) is 19.5 Å². The first-order valence-electron chi connectivity index (χ1n) is 8.29. The maximum Gasteiger partial charge on any atom is 0.309 e. The molecule has 0 aromatic rings. The van der Waals surface area contributed by atoms with Gasteiger partial charge in [-0.05, 0) is 46.2 Å². The quantitative estimate of drug-likeness (QED) is 0.749.